The third-order valence-corrected chi connectivity index (χ3v) is 5.95. The maximum Gasteiger partial charge on any atom is 0.315 e. The Morgan fingerprint density at radius 3 is 2.64 bits per heavy atom. The molecule has 2 atom stereocenters. The Bertz CT molecular complexity index is 680. The van der Waals surface area contributed by atoms with Gasteiger partial charge in [-0.2, -0.15) is 0 Å². The van der Waals surface area contributed by atoms with Crippen LogP contribution in [0.1, 0.15) is 26.2 Å². The highest BCUT2D eigenvalue weighted by atomic mass is 32.2. The summed E-state index contributed by atoms with van der Waals surface area (Å²) in [6.07, 6.45) is 2.97. The van der Waals surface area contributed by atoms with Gasteiger partial charge in [-0.15, -0.1) is 0 Å². The van der Waals surface area contributed by atoms with Crippen LogP contribution in [0.2, 0.25) is 0 Å². The van der Waals surface area contributed by atoms with Crippen molar-refractivity contribution in [1.82, 2.24) is 4.90 Å². The zero-order valence-corrected chi connectivity index (χ0v) is 12.9. The number of urea groups is 1. The summed E-state index contributed by atoms with van der Waals surface area (Å²) in [6, 6.07) is -1.11. The lowest BCUT2D eigenvalue weighted by Crippen LogP contribution is -2.46. The van der Waals surface area contributed by atoms with Crippen molar-refractivity contribution in [2.75, 3.05) is 6.54 Å². The Hall–Kier alpha value is -2.03. The number of nitrogens with two attached hydrogens (primary N) is 1. The Balaban J connectivity index is 2.34. The summed E-state index contributed by atoms with van der Waals surface area (Å²) in [5, 5.41) is -1.94. The van der Waals surface area contributed by atoms with Crippen LogP contribution in [0.5, 0.6) is 0 Å². The molecule has 8 nitrogen and oxygen atoms in total. The van der Waals surface area contributed by atoms with E-state index in [1.165, 1.54) is 12.3 Å². The molecule has 0 aliphatic carbocycles. The standard InChI is InChI=1S/C13H17N3O5S/c1-8-4-5-11(10(18)7-16(8)13(14)19)22(20,21)12-9(17)3-2-6-15-12/h2,6,8,11H,3-5,7H2,1H3,(H2,14,19)/t8-,11?/m1/s1. The molecule has 2 N–H and O–H groups in total. The highest BCUT2D eigenvalue weighted by Crippen LogP contribution is 2.22. The first-order chi connectivity index (χ1) is 10.2. The predicted molar refractivity (Wildman–Crippen MR) is 78.9 cm³/mol. The van der Waals surface area contributed by atoms with E-state index in [1.807, 2.05) is 0 Å². The van der Waals surface area contributed by atoms with Gasteiger partial charge < -0.3 is 10.6 Å². The van der Waals surface area contributed by atoms with Gasteiger partial charge in [-0.05, 0) is 19.8 Å². The van der Waals surface area contributed by atoms with Crippen LogP contribution in [0.4, 0.5) is 4.79 Å². The normalized spacial score (nSPS) is 26.6. The summed E-state index contributed by atoms with van der Waals surface area (Å²) in [7, 11) is -4.16. The van der Waals surface area contributed by atoms with Crippen molar-refractivity contribution < 1.29 is 22.8 Å². The Labute approximate surface area is 128 Å². The highest BCUT2D eigenvalue weighted by Gasteiger charge is 2.42. The fourth-order valence-corrected chi connectivity index (χ4v) is 4.31. The molecule has 0 spiro atoms. The number of carbonyl (C=O) groups excluding carboxylic acids is 3. The van der Waals surface area contributed by atoms with Crippen LogP contribution in [0.3, 0.4) is 0 Å². The topological polar surface area (TPSA) is 127 Å². The van der Waals surface area contributed by atoms with Crippen LogP contribution < -0.4 is 5.73 Å². The number of hydrogen-bond donors (Lipinski definition) is 1. The second-order valence-corrected chi connectivity index (χ2v) is 7.38. The van der Waals surface area contributed by atoms with Gasteiger partial charge in [0.1, 0.15) is 5.25 Å². The van der Waals surface area contributed by atoms with Crippen molar-refractivity contribution in [1.29, 1.82) is 0 Å². The molecule has 2 aliphatic heterocycles. The van der Waals surface area contributed by atoms with Crippen molar-refractivity contribution in [2.24, 2.45) is 10.7 Å². The van der Waals surface area contributed by atoms with E-state index >= 15 is 0 Å². The number of allylic oxidation sites excluding steroid dienone is 1. The smallest absolute Gasteiger partial charge is 0.315 e. The quantitative estimate of drug-likeness (QED) is 0.712. The summed E-state index contributed by atoms with van der Waals surface area (Å²) < 4.78 is 25.1. The minimum atomic E-state index is -4.16. The Kier molecular flexibility index (Phi) is 4.45. The van der Waals surface area contributed by atoms with Crippen LogP contribution in [0.25, 0.3) is 0 Å². The zero-order valence-electron chi connectivity index (χ0n) is 12.1. The van der Waals surface area contributed by atoms with Crippen molar-refractivity contribution in [3.05, 3.63) is 12.3 Å². The predicted octanol–water partition coefficient (Wildman–Crippen LogP) is -0.213. The Morgan fingerprint density at radius 1 is 1.36 bits per heavy atom. The van der Waals surface area contributed by atoms with Crippen molar-refractivity contribution in [3.8, 4) is 0 Å². The molecule has 1 fully saturated rings. The third-order valence-electron chi connectivity index (χ3n) is 3.83. The molecule has 1 saturated heterocycles. The fraction of sp³-hybridized carbons (Fsp3) is 0.538. The van der Waals surface area contributed by atoms with E-state index in [1.54, 1.807) is 6.92 Å². The molecule has 0 bridgehead atoms. The fourth-order valence-electron chi connectivity index (χ4n) is 2.56. The molecular formula is C13H17N3O5S. The van der Waals surface area contributed by atoms with Crippen molar-refractivity contribution in [3.63, 3.8) is 0 Å². The maximum absolute atomic E-state index is 12.6. The van der Waals surface area contributed by atoms with Gasteiger partial charge in [0.2, 0.25) is 9.84 Å². The zero-order chi connectivity index (χ0) is 16.5. The number of ketones is 2. The van der Waals surface area contributed by atoms with Crippen LogP contribution in [0.15, 0.2) is 17.3 Å². The van der Waals surface area contributed by atoms with Crippen molar-refractivity contribution >= 4 is 32.5 Å². The summed E-state index contributed by atoms with van der Waals surface area (Å²) in [4.78, 5) is 40.1. The summed E-state index contributed by atoms with van der Waals surface area (Å²) in [5.41, 5.74) is 5.21. The molecule has 2 rings (SSSR count). The van der Waals surface area contributed by atoms with E-state index in [2.05, 4.69) is 4.99 Å². The van der Waals surface area contributed by atoms with Crippen molar-refractivity contribution in [2.45, 2.75) is 37.5 Å². The molecule has 9 heteroatoms. The monoisotopic (exact) mass is 327 g/mol. The SMILES string of the molecule is C[C@@H]1CCC(S(=O)(=O)C2=NC=CCC2=O)C(=O)CN1C(N)=O. The second-order valence-electron chi connectivity index (χ2n) is 5.34. The lowest BCUT2D eigenvalue weighted by molar-refractivity contribution is -0.119. The number of aliphatic imine (C=N–C) groups is 1. The number of Topliss-reactive ketones (excluding diaryl/α,β-unsaturated/α-hetero) is 2. The number of amides is 2. The third kappa shape index (κ3) is 2.94. The lowest BCUT2D eigenvalue weighted by atomic mass is 10.1. The number of rotatable bonds is 1. The van der Waals surface area contributed by atoms with Gasteiger partial charge in [0.15, 0.2) is 16.6 Å². The minimum Gasteiger partial charge on any atom is -0.351 e. The molecule has 2 aliphatic rings. The molecule has 22 heavy (non-hydrogen) atoms. The first-order valence-corrected chi connectivity index (χ1v) is 8.38. The maximum atomic E-state index is 12.6. The van der Waals surface area contributed by atoms with Crippen LogP contribution in [-0.2, 0) is 19.4 Å². The molecular weight excluding hydrogens is 310 g/mol. The summed E-state index contributed by atoms with van der Waals surface area (Å²) in [6.45, 7) is 1.32. The average Bonchev–Trinajstić information content (AvgIpc) is 2.58. The molecule has 2 heterocycles. The second kappa shape index (κ2) is 5.99. The molecule has 0 radical (unpaired) electrons. The van der Waals surface area contributed by atoms with Gasteiger partial charge >= 0.3 is 6.03 Å². The number of hydrogen-bond acceptors (Lipinski definition) is 6. The molecule has 0 aromatic heterocycles. The number of carbonyl (C=O) groups is 3. The van der Waals surface area contributed by atoms with Gasteiger partial charge in [0.25, 0.3) is 0 Å². The molecule has 2 amide bonds. The van der Waals surface area contributed by atoms with Gasteiger partial charge in [-0.25, -0.2) is 18.2 Å². The van der Waals surface area contributed by atoms with E-state index in [9.17, 15) is 22.8 Å². The van der Waals surface area contributed by atoms with E-state index in [0.29, 0.717) is 6.42 Å². The molecule has 0 saturated carbocycles. The molecule has 0 aromatic carbocycles. The van der Waals surface area contributed by atoms with E-state index in [4.69, 9.17) is 5.73 Å². The number of sulfone groups is 1. The first-order valence-electron chi connectivity index (χ1n) is 6.84. The van der Waals surface area contributed by atoms with Crippen LogP contribution in [0, 0.1) is 0 Å². The van der Waals surface area contributed by atoms with Gasteiger partial charge in [-0.3, -0.25) is 9.59 Å². The van der Waals surface area contributed by atoms with E-state index < -0.39 is 37.7 Å². The van der Waals surface area contributed by atoms with Gasteiger partial charge in [-0.1, -0.05) is 6.08 Å². The lowest BCUT2D eigenvalue weighted by Gasteiger charge is -2.23. The largest absolute Gasteiger partial charge is 0.351 e. The molecule has 120 valence electrons. The minimum absolute atomic E-state index is 0.0299. The summed E-state index contributed by atoms with van der Waals surface area (Å²) >= 11 is 0. The molecule has 1 unspecified atom stereocenters. The number of nitrogens with zero attached hydrogens (tertiary/aromatic N) is 2. The average molecular weight is 327 g/mol. The van der Waals surface area contributed by atoms with E-state index in [-0.39, 0.29) is 25.4 Å². The van der Waals surface area contributed by atoms with Gasteiger partial charge in [0, 0.05) is 18.7 Å². The first kappa shape index (κ1) is 16.3. The number of likely N-dealkylation sites (tertiary alicyclic amines) is 1. The number of primary amides is 1. The van der Waals surface area contributed by atoms with Crippen LogP contribution >= 0.6 is 0 Å². The Morgan fingerprint density at radius 2 is 2.05 bits per heavy atom. The molecule has 0 aromatic rings. The van der Waals surface area contributed by atoms with E-state index in [0.717, 1.165) is 4.90 Å². The van der Waals surface area contributed by atoms with Gasteiger partial charge in [0.05, 0.1) is 6.54 Å². The van der Waals surface area contributed by atoms with Crippen LogP contribution in [-0.4, -0.2) is 53.8 Å². The highest BCUT2D eigenvalue weighted by molar-refractivity contribution is 8.09. The summed E-state index contributed by atoms with van der Waals surface area (Å²) in [5.74, 6) is -1.27.